The molecular weight excluding hydrogens is 461 g/mol. The van der Waals surface area contributed by atoms with E-state index in [2.05, 4.69) is 9.97 Å². The Morgan fingerprint density at radius 3 is 2.67 bits per heavy atom. The third-order valence-electron chi connectivity index (χ3n) is 5.08. The van der Waals surface area contributed by atoms with Gasteiger partial charge in [-0.05, 0) is 30.2 Å². The van der Waals surface area contributed by atoms with Gasteiger partial charge in [-0.2, -0.15) is 13.2 Å². The molecule has 33 heavy (non-hydrogen) atoms. The quantitative estimate of drug-likeness (QED) is 0.542. The van der Waals surface area contributed by atoms with Crippen molar-refractivity contribution < 1.29 is 27.8 Å². The number of fused-ring (bicyclic) bond motifs is 1. The fraction of sp³-hybridized carbons (Fsp3) is 0.333. The first-order valence-corrected chi connectivity index (χ1v) is 10.9. The fourth-order valence-electron chi connectivity index (χ4n) is 3.46. The van der Waals surface area contributed by atoms with Crippen LogP contribution in [0.15, 0.2) is 34.6 Å². The number of aryl methyl sites for hydroxylation is 2. The summed E-state index contributed by atoms with van der Waals surface area (Å²) in [5.41, 5.74) is -0.00683. The van der Waals surface area contributed by atoms with Crippen LogP contribution in [-0.4, -0.2) is 51.7 Å². The molecule has 3 aromatic heterocycles. The van der Waals surface area contributed by atoms with E-state index in [0.29, 0.717) is 55.6 Å². The van der Waals surface area contributed by atoms with Gasteiger partial charge in [0.05, 0.1) is 23.8 Å². The minimum atomic E-state index is -4.47. The number of thiazole rings is 1. The van der Waals surface area contributed by atoms with Gasteiger partial charge in [0, 0.05) is 37.2 Å². The lowest BCUT2D eigenvalue weighted by atomic mass is 10.1. The van der Waals surface area contributed by atoms with Crippen LogP contribution in [0.3, 0.4) is 0 Å². The molecule has 8 nitrogen and oxygen atoms in total. The van der Waals surface area contributed by atoms with Gasteiger partial charge in [-0.25, -0.2) is 14.8 Å². The number of pyridine rings is 1. The van der Waals surface area contributed by atoms with Crippen LogP contribution in [0.2, 0.25) is 0 Å². The number of rotatable bonds is 6. The number of alkyl halides is 3. The topological polar surface area (TPSA) is 97.0 Å². The van der Waals surface area contributed by atoms with Gasteiger partial charge in [-0.1, -0.05) is 0 Å². The predicted molar refractivity (Wildman–Crippen MR) is 116 cm³/mol. The van der Waals surface area contributed by atoms with Crippen LogP contribution < -0.4 is 10.5 Å². The summed E-state index contributed by atoms with van der Waals surface area (Å²) in [4.78, 5) is 34.2. The largest absolute Gasteiger partial charge is 0.478 e. The van der Waals surface area contributed by atoms with Gasteiger partial charge in [0.1, 0.15) is 11.5 Å². The number of nitrogens with zero attached hydrogens (tertiary/aromatic N) is 4. The Hall–Kier alpha value is -3.25. The minimum absolute atomic E-state index is 0.159. The third kappa shape index (κ3) is 5.22. The van der Waals surface area contributed by atoms with Gasteiger partial charge in [-0.3, -0.25) is 9.20 Å². The molecular formula is C21H19F3N4O4S. The number of hydrogen-bond donors (Lipinski definition) is 1. The van der Waals surface area contributed by atoms with Crippen LogP contribution in [0.25, 0.3) is 11.7 Å². The van der Waals surface area contributed by atoms with E-state index in [9.17, 15) is 22.8 Å². The summed E-state index contributed by atoms with van der Waals surface area (Å²) in [5.74, 6) is -0.814. The number of aliphatic carboxylic acids is 1. The summed E-state index contributed by atoms with van der Waals surface area (Å²) < 4.78 is 44.9. The first kappa shape index (κ1) is 22.9. The summed E-state index contributed by atoms with van der Waals surface area (Å²) >= 11 is 0.957. The highest BCUT2D eigenvalue weighted by molar-refractivity contribution is 7.09. The van der Waals surface area contributed by atoms with Crippen LogP contribution in [0.5, 0.6) is 0 Å². The Balaban J connectivity index is 1.66. The van der Waals surface area contributed by atoms with Crippen molar-refractivity contribution in [3.8, 4) is 0 Å². The molecule has 1 saturated heterocycles. The highest BCUT2D eigenvalue weighted by atomic mass is 32.1. The molecule has 1 fully saturated rings. The zero-order valence-electron chi connectivity index (χ0n) is 17.2. The van der Waals surface area contributed by atoms with Gasteiger partial charge in [0.15, 0.2) is 5.69 Å². The molecule has 1 aliphatic heterocycles. The Kier molecular flexibility index (Phi) is 6.47. The Labute approximate surface area is 189 Å². The standard InChI is InChI=1S/C21H19F3N4O4S/c22-21(23,24)15-12-33-17(25-15)3-1-13-5-6-28-16(11-13)26-19(27-7-9-32-10-8-27)14(20(28)31)2-4-18(29)30/h2,4-6,11-12H,1,3,7-10H2,(H,29,30). The summed E-state index contributed by atoms with van der Waals surface area (Å²) in [7, 11) is 0. The molecule has 0 aliphatic carbocycles. The molecule has 174 valence electrons. The smallest absolute Gasteiger partial charge is 0.434 e. The van der Waals surface area contributed by atoms with Crippen LogP contribution in [0.1, 0.15) is 21.8 Å². The molecule has 0 spiro atoms. The van der Waals surface area contributed by atoms with E-state index < -0.39 is 23.4 Å². The van der Waals surface area contributed by atoms with Crippen molar-refractivity contribution in [2.24, 2.45) is 0 Å². The minimum Gasteiger partial charge on any atom is -0.478 e. The van der Waals surface area contributed by atoms with Gasteiger partial charge in [0.2, 0.25) is 0 Å². The van der Waals surface area contributed by atoms with Gasteiger partial charge < -0.3 is 14.7 Å². The van der Waals surface area contributed by atoms with E-state index >= 15 is 0 Å². The molecule has 0 atom stereocenters. The van der Waals surface area contributed by atoms with E-state index in [4.69, 9.17) is 9.84 Å². The highest BCUT2D eigenvalue weighted by Gasteiger charge is 2.33. The monoisotopic (exact) mass is 480 g/mol. The van der Waals surface area contributed by atoms with Crippen molar-refractivity contribution >= 4 is 34.8 Å². The molecule has 0 bridgehead atoms. The first-order chi connectivity index (χ1) is 15.7. The van der Waals surface area contributed by atoms with E-state index in [0.717, 1.165) is 28.4 Å². The normalized spacial score (nSPS) is 14.9. The number of morpholine rings is 1. The molecule has 0 radical (unpaired) electrons. The number of halogens is 3. The number of carboxylic acids is 1. The molecule has 3 aromatic rings. The van der Waals surface area contributed by atoms with Gasteiger partial charge >= 0.3 is 12.1 Å². The van der Waals surface area contributed by atoms with E-state index in [-0.39, 0.29) is 5.56 Å². The van der Waals surface area contributed by atoms with Crippen molar-refractivity contribution in [3.63, 3.8) is 0 Å². The van der Waals surface area contributed by atoms with Crippen LogP contribution in [-0.2, 0) is 28.5 Å². The van der Waals surface area contributed by atoms with E-state index in [1.165, 1.54) is 16.7 Å². The molecule has 0 saturated carbocycles. The van der Waals surface area contributed by atoms with Crippen LogP contribution in [0.4, 0.5) is 19.0 Å². The predicted octanol–water partition coefficient (Wildman–Crippen LogP) is 2.89. The maximum atomic E-state index is 13.1. The van der Waals surface area contributed by atoms with Crippen molar-refractivity contribution in [3.05, 3.63) is 62.0 Å². The summed E-state index contributed by atoms with van der Waals surface area (Å²) in [6, 6.07) is 3.39. The van der Waals surface area contributed by atoms with Gasteiger partial charge in [-0.15, -0.1) is 11.3 Å². The lowest BCUT2D eigenvalue weighted by Gasteiger charge is -2.29. The number of carbonyl (C=O) groups is 1. The SMILES string of the molecule is O=C(O)C=Cc1c(N2CCOCC2)nc2cc(CCc3nc(C(F)(F)F)cs3)ccn2c1=O. The molecule has 1 N–H and O–H groups in total. The van der Waals surface area contributed by atoms with Crippen molar-refractivity contribution in [1.82, 2.24) is 14.4 Å². The zero-order valence-corrected chi connectivity index (χ0v) is 18.0. The second-order valence-corrected chi connectivity index (χ2v) is 8.26. The fourth-order valence-corrected chi connectivity index (χ4v) is 4.27. The average Bonchev–Trinajstić information content (AvgIpc) is 3.27. The number of ether oxygens (including phenoxy) is 1. The number of anilines is 1. The summed E-state index contributed by atoms with van der Waals surface area (Å²) in [6.45, 7) is 1.91. The van der Waals surface area contributed by atoms with Crippen molar-refractivity contribution in [1.29, 1.82) is 0 Å². The van der Waals surface area contributed by atoms with Crippen molar-refractivity contribution in [2.45, 2.75) is 19.0 Å². The second kappa shape index (κ2) is 9.32. The zero-order chi connectivity index (χ0) is 23.6. The third-order valence-corrected chi connectivity index (χ3v) is 5.99. The molecule has 4 rings (SSSR count). The Bertz CT molecular complexity index is 1260. The van der Waals surface area contributed by atoms with E-state index in [1.54, 1.807) is 12.1 Å². The molecule has 0 aromatic carbocycles. The number of aromatic nitrogens is 3. The molecule has 1 aliphatic rings. The maximum absolute atomic E-state index is 13.1. The Morgan fingerprint density at radius 2 is 2.00 bits per heavy atom. The maximum Gasteiger partial charge on any atom is 0.434 e. The summed E-state index contributed by atoms with van der Waals surface area (Å²) in [5, 5.41) is 10.4. The number of carboxylic acid groups (broad SMARTS) is 1. The Morgan fingerprint density at radius 1 is 1.24 bits per heavy atom. The lowest BCUT2D eigenvalue weighted by Crippen LogP contribution is -2.38. The molecule has 4 heterocycles. The molecule has 0 unspecified atom stereocenters. The van der Waals surface area contributed by atoms with Crippen LogP contribution in [0, 0.1) is 0 Å². The van der Waals surface area contributed by atoms with Crippen LogP contribution >= 0.6 is 11.3 Å². The molecule has 0 amide bonds. The number of hydrogen-bond acceptors (Lipinski definition) is 7. The van der Waals surface area contributed by atoms with Gasteiger partial charge in [0.25, 0.3) is 5.56 Å². The average molecular weight is 480 g/mol. The first-order valence-electron chi connectivity index (χ1n) is 10.0. The van der Waals surface area contributed by atoms with Crippen molar-refractivity contribution in [2.75, 3.05) is 31.2 Å². The highest BCUT2D eigenvalue weighted by Crippen LogP contribution is 2.30. The summed E-state index contributed by atoms with van der Waals surface area (Å²) in [6.07, 6.45) is -0.0623. The van der Waals surface area contributed by atoms with E-state index in [1.807, 2.05) is 4.90 Å². The second-order valence-electron chi connectivity index (χ2n) is 7.31. The molecule has 12 heteroatoms. The lowest BCUT2D eigenvalue weighted by molar-refractivity contribution is -0.140.